The van der Waals surface area contributed by atoms with Gasteiger partial charge in [-0.25, -0.2) is 13.8 Å². The van der Waals surface area contributed by atoms with Crippen LogP contribution in [0.25, 0.3) is 22.7 Å². The van der Waals surface area contributed by atoms with Crippen molar-refractivity contribution in [1.82, 2.24) is 9.97 Å². The second-order valence-corrected chi connectivity index (χ2v) is 8.97. The molecule has 0 fully saturated rings. The number of nitriles is 1. The number of hydrogen-bond acceptors (Lipinski definition) is 3. The Kier molecular flexibility index (Phi) is 6.52. The van der Waals surface area contributed by atoms with E-state index in [9.17, 15) is 14.0 Å². The van der Waals surface area contributed by atoms with Crippen molar-refractivity contribution in [3.8, 4) is 11.8 Å². The Hall–Kier alpha value is -2.52. The molecule has 0 radical (unpaired) electrons. The first-order valence-electron chi connectivity index (χ1n) is 9.06. The third-order valence-corrected chi connectivity index (χ3v) is 6.05. The molecule has 8 heteroatoms. The maximum atomic E-state index is 13.4. The Morgan fingerprint density at radius 3 is 2.39 bits per heavy atom. The molecular formula is C23H13F2I2N3O. The summed E-state index contributed by atoms with van der Waals surface area (Å²) in [5.74, 6) is 0.447. The standard InChI is InChI=1S/C23H13F2I2N3O/c24-16-3-1-13(2-4-16)12-31-22-18(26)8-14(9-19(22)27)7-15(11-28)23-29-20-6-5-17(25)10-21(20)30-23/h1-10H,12H2,(H,29,30)/b15-7-. The van der Waals surface area contributed by atoms with Crippen molar-refractivity contribution < 1.29 is 13.5 Å². The highest BCUT2D eigenvalue weighted by Gasteiger charge is 2.12. The van der Waals surface area contributed by atoms with Crippen molar-refractivity contribution in [2.75, 3.05) is 0 Å². The Morgan fingerprint density at radius 1 is 1.03 bits per heavy atom. The van der Waals surface area contributed by atoms with Crippen molar-refractivity contribution in [3.63, 3.8) is 0 Å². The van der Waals surface area contributed by atoms with Crippen LogP contribution in [0.5, 0.6) is 5.75 Å². The van der Waals surface area contributed by atoms with Gasteiger partial charge in [0, 0.05) is 0 Å². The molecule has 154 valence electrons. The first-order valence-corrected chi connectivity index (χ1v) is 11.2. The minimum absolute atomic E-state index is 0.285. The summed E-state index contributed by atoms with van der Waals surface area (Å²) in [5.41, 5.74) is 3.13. The molecular weight excluding hydrogens is 626 g/mol. The predicted molar refractivity (Wildman–Crippen MR) is 132 cm³/mol. The molecule has 0 aliphatic rings. The Bertz CT molecular complexity index is 1320. The SMILES string of the molecule is N#C/C(=C/c1cc(I)c(OCc2ccc(F)cc2)c(I)c1)c1nc2ccc(F)cc2[nH]1. The van der Waals surface area contributed by atoms with E-state index in [0.29, 0.717) is 29.0 Å². The molecule has 3 aromatic carbocycles. The predicted octanol–water partition coefficient (Wildman–Crippen LogP) is 6.69. The number of nitrogens with zero attached hydrogens (tertiary/aromatic N) is 2. The highest BCUT2D eigenvalue weighted by Crippen LogP contribution is 2.31. The summed E-state index contributed by atoms with van der Waals surface area (Å²) in [4.78, 5) is 7.38. The number of nitrogens with one attached hydrogen (secondary N) is 1. The average Bonchev–Trinajstić information content (AvgIpc) is 3.15. The van der Waals surface area contributed by atoms with E-state index in [4.69, 9.17) is 4.74 Å². The van der Waals surface area contributed by atoms with Crippen molar-refractivity contribution in [3.05, 3.63) is 90.3 Å². The van der Waals surface area contributed by atoms with Crippen LogP contribution in [0.15, 0.2) is 54.6 Å². The fraction of sp³-hybridized carbons (Fsp3) is 0.0435. The van der Waals surface area contributed by atoms with Gasteiger partial charge in [-0.1, -0.05) is 12.1 Å². The lowest BCUT2D eigenvalue weighted by Gasteiger charge is -2.12. The maximum absolute atomic E-state index is 13.4. The molecule has 4 nitrogen and oxygen atoms in total. The number of allylic oxidation sites excluding steroid dienone is 1. The van der Waals surface area contributed by atoms with E-state index in [1.54, 1.807) is 24.3 Å². The van der Waals surface area contributed by atoms with Crippen molar-refractivity contribution in [1.29, 1.82) is 5.26 Å². The molecule has 0 aliphatic heterocycles. The van der Waals surface area contributed by atoms with Crippen LogP contribution in [-0.2, 0) is 6.61 Å². The molecule has 0 amide bonds. The lowest BCUT2D eigenvalue weighted by Crippen LogP contribution is -1.99. The molecule has 31 heavy (non-hydrogen) atoms. The van der Waals surface area contributed by atoms with Gasteiger partial charge in [-0.05, 0) is 105 Å². The smallest absolute Gasteiger partial charge is 0.149 e. The second-order valence-electron chi connectivity index (χ2n) is 6.65. The lowest BCUT2D eigenvalue weighted by molar-refractivity contribution is 0.301. The van der Waals surface area contributed by atoms with E-state index >= 15 is 0 Å². The minimum Gasteiger partial charge on any atom is -0.487 e. The van der Waals surface area contributed by atoms with E-state index in [2.05, 4.69) is 61.2 Å². The Morgan fingerprint density at radius 2 is 1.71 bits per heavy atom. The fourth-order valence-corrected chi connectivity index (χ4v) is 5.09. The lowest BCUT2D eigenvalue weighted by atomic mass is 10.1. The molecule has 1 aromatic heterocycles. The van der Waals surface area contributed by atoms with Crippen LogP contribution in [0.3, 0.4) is 0 Å². The van der Waals surface area contributed by atoms with Gasteiger partial charge in [-0.15, -0.1) is 0 Å². The number of fused-ring (bicyclic) bond motifs is 1. The van der Waals surface area contributed by atoms with Gasteiger partial charge in [0.2, 0.25) is 0 Å². The van der Waals surface area contributed by atoms with E-state index in [1.807, 2.05) is 12.1 Å². The van der Waals surface area contributed by atoms with Crippen molar-refractivity contribution in [2.45, 2.75) is 6.61 Å². The third kappa shape index (κ3) is 5.04. The number of rotatable bonds is 5. The molecule has 0 spiro atoms. The molecule has 0 saturated carbocycles. The number of aromatic nitrogens is 2. The molecule has 0 atom stereocenters. The van der Waals surface area contributed by atoms with E-state index in [-0.39, 0.29) is 11.6 Å². The van der Waals surface area contributed by atoms with Crippen LogP contribution in [0, 0.1) is 30.1 Å². The van der Waals surface area contributed by atoms with E-state index in [1.165, 1.54) is 24.3 Å². The summed E-state index contributed by atoms with van der Waals surface area (Å²) in [6.07, 6.45) is 1.72. The summed E-state index contributed by atoms with van der Waals surface area (Å²) in [7, 11) is 0. The first-order chi connectivity index (χ1) is 14.9. The van der Waals surface area contributed by atoms with Gasteiger partial charge < -0.3 is 9.72 Å². The summed E-state index contributed by atoms with van der Waals surface area (Å²) in [6.45, 7) is 0.320. The van der Waals surface area contributed by atoms with Crippen LogP contribution in [0.4, 0.5) is 8.78 Å². The largest absolute Gasteiger partial charge is 0.487 e. The molecule has 4 rings (SSSR count). The molecule has 0 aliphatic carbocycles. The zero-order valence-corrected chi connectivity index (χ0v) is 20.1. The number of benzene rings is 3. The highest BCUT2D eigenvalue weighted by atomic mass is 127. The van der Waals surface area contributed by atoms with Crippen LogP contribution >= 0.6 is 45.2 Å². The average molecular weight is 639 g/mol. The van der Waals surface area contributed by atoms with E-state index < -0.39 is 0 Å². The van der Waals surface area contributed by atoms with Gasteiger partial charge in [0.15, 0.2) is 0 Å². The van der Waals surface area contributed by atoms with Gasteiger partial charge in [-0.2, -0.15) is 5.26 Å². The highest BCUT2D eigenvalue weighted by molar-refractivity contribution is 14.1. The minimum atomic E-state index is -0.370. The van der Waals surface area contributed by atoms with Crippen molar-refractivity contribution >= 4 is 67.9 Å². The van der Waals surface area contributed by atoms with Gasteiger partial charge in [0.1, 0.15) is 35.9 Å². The summed E-state index contributed by atoms with van der Waals surface area (Å²) in [5, 5.41) is 9.64. The molecule has 0 unspecified atom stereocenters. The van der Waals surface area contributed by atoms with Crippen LogP contribution in [-0.4, -0.2) is 9.97 Å². The number of aromatic amines is 1. The summed E-state index contributed by atoms with van der Waals surface area (Å²) >= 11 is 4.36. The Labute approximate surface area is 204 Å². The number of hydrogen-bond donors (Lipinski definition) is 1. The Balaban J connectivity index is 1.60. The fourth-order valence-electron chi connectivity index (χ4n) is 2.97. The van der Waals surface area contributed by atoms with E-state index in [0.717, 1.165) is 24.0 Å². The zero-order valence-electron chi connectivity index (χ0n) is 15.8. The number of H-pyrrole nitrogens is 1. The van der Waals surface area contributed by atoms with Gasteiger partial charge in [0.25, 0.3) is 0 Å². The molecule has 4 aromatic rings. The van der Waals surface area contributed by atoms with Gasteiger partial charge in [0.05, 0.1) is 23.7 Å². The topological polar surface area (TPSA) is 61.7 Å². The van der Waals surface area contributed by atoms with Gasteiger partial charge in [-0.3, -0.25) is 0 Å². The molecule has 1 N–H and O–H groups in total. The molecule has 0 bridgehead atoms. The normalized spacial score (nSPS) is 11.5. The maximum Gasteiger partial charge on any atom is 0.149 e. The number of halogens is 4. The third-order valence-electron chi connectivity index (χ3n) is 4.45. The quantitative estimate of drug-likeness (QED) is 0.196. The van der Waals surface area contributed by atoms with Gasteiger partial charge >= 0.3 is 0 Å². The molecule has 0 saturated heterocycles. The summed E-state index contributed by atoms with van der Waals surface area (Å²) < 4.78 is 34.2. The number of ether oxygens (including phenoxy) is 1. The second kappa shape index (κ2) is 9.32. The zero-order chi connectivity index (χ0) is 22.0. The number of imidazole rings is 1. The van der Waals surface area contributed by atoms with Crippen LogP contribution in [0.1, 0.15) is 17.0 Å². The molecule has 1 heterocycles. The first kappa shape index (κ1) is 21.7. The van der Waals surface area contributed by atoms with Crippen LogP contribution < -0.4 is 4.74 Å². The monoisotopic (exact) mass is 639 g/mol. The summed E-state index contributed by atoms with van der Waals surface area (Å²) in [6, 6.07) is 16.4. The van der Waals surface area contributed by atoms with Crippen LogP contribution in [0.2, 0.25) is 0 Å². The van der Waals surface area contributed by atoms with Crippen molar-refractivity contribution in [2.24, 2.45) is 0 Å².